The Kier molecular flexibility index (Phi) is 1.61. The van der Waals surface area contributed by atoms with Crippen molar-refractivity contribution in [1.29, 1.82) is 0 Å². The lowest BCUT2D eigenvalue weighted by molar-refractivity contribution is 0.448. The molecule has 72 valence electrons. The Morgan fingerprint density at radius 3 is 3.07 bits per heavy atom. The number of allylic oxidation sites excluding steroid dienone is 2. The van der Waals surface area contributed by atoms with Crippen LogP contribution in [0.15, 0.2) is 24.3 Å². The van der Waals surface area contributed by atoms with E-state index in [1.165, 1.54) is 36.0 Å². The number of hydrogen-bond acceptors (Lipinski definition) is 0. The normalized spacial score (nSPS) is 28.6. The largest absolute Gasteiger partial charge is 0.0843 e. The molecule has 0 fully saturated rings. The molecule has 1 aromatic rings. The molecule has 0 N–H and O–H groups in total. The van der Waals surface area contributed by atoms with E-state index in [4.69, 9.17) is 11.6 Å². The third kappa shape index (κ3) is 1.01. The van der Waals surface area contributed by atoms with Crippen LogP contribution >= 0.6 is 11.6 Å². The van der Waals surface area contributed by atoms with Crippen LogP contribution in [0, 0.1) is 5.41 Å². The summed E-state index contributed by atoms with van der Waals surface area (Å²) in [5.41, 5.74) is 4.82. The van der Waals surface area contributed by atoms with Crippen molar-refractivity contribution < 1.29 is 0 Å². The number of halogens is 1. The molecular formula is C13H13Cl. The van der Waals surface area contributed by atoms with Gasteiger partial charge in [0.05, 0.1) is 0 Å². The molecule has 0 heterocycles. The molecule has 14 heavy (non-hydrogen) atoms. The highest BCUT2D eigenvalue weighted by molar-refractivity contribution is 6.30. The monoisotopic (exact) mass is 204 g/mol. The van der Waals surface area contributed by atoms with Crippen LogP contribution < -0.4 is 0 Å². The van der Waals surface area contributed by atoms with Crippen LogP contribution in [0.5, 0.6) is 0 Å². The zero-order valence-corrected chi connectivity index (χ0v) is 9.06. The van der Waals surface area contributed by atoms with Gasteiger partial charge in [0.15, 0.2) is 0 Å². The quantitative estimate of drug-likeness (QED) is 0.598. The van der Waals surface area contributed by atoms with Crippen molar-refractivity contribution in [2.45, 2.75) is 26.2 Å². The standard InChI is InChI=1S/C13H13Cl/c1-13-6-2-3-12(13)11-7-10(14)5-4-9(11)8-13/h3-5,7H,2,6,8H2,1H3. The minimum atomic E-state index is 0.410. The van der Waals surface area contributed by atoms with Crippen molar-refractivity contribution in [3.63, 3.8) is 0 Å². The maximum Gasteiger partial charge on any atom is 0.0412 e. The Balaban J connectivity index is 2.22. The van der Waals surface area contributed by atoms with Gasteiger partial charge in [-0.05, 0) is 53.5 Å². The highest BCUT2D eigenvalue weighted by atomic mass is 35.5. The van der Waals surface area contributed by atoms with E-state index in [1.807, 2.05) is 6.07 Å². The van der Waals surface area contributed by atoms with Crippen molar-refractivity contribution in [2.24, 2.45) is 5.41 Å². The van der Waals surface area contributed by atoms with Gasteiger partial charge in [0.1, 0.15) is 0 Å². The van der Waals surface area contributed by atoms with Gasteiger partial charge in [0.2, 0.25) is 0 Å². The van der Waals surface area contributed by atoms with E-state index in [0.717, 1.165) is 5.02 Å². The van der Waals surface area contributed by atoms with Gasteiger partial charge in [-0.1, -0.05) is 30.7 Å². The van der Waals surface area contributed by atoms with E-state index in [-0.39, 0.29) is 0 Å². The summed E-state index contributed by atoms with van der Waals surface area (Å²) >= 11 is 6.03. The van der Waals surface area contributed by atoms with Gasteiger partial charge >= 0.3 is 0 Å². The molecule has 0 radical (unpaired) electrons. The van der Waals surface area contributed by atoms with Crippen molar-refractivity contribution in [3.05, 3.63) is 40.4 Å². The lowest BCUT2D eigenvalue weighted by Gasteiger charge is -2.19. The molecule has 1 aromatic carbocycles. The summed E-state index contributed by atoms with van der Waals surface area (Å²) < 4.78 is 0. The lowest BCUT2D eigenvalue weighted by atomic mass is 9.84. The Hall–Kier alpha value is -0.750. The van der Waals surface area contributed by atoms with Crippen molar-refractivity contribution >= 4 is 17.2 Å². The molecule has 3 rings (SSSR count). The van der Waals surface area contributed by atoms with Gasteiger partial charge in [0.25, 0.3) is 0 Å². The molecule has 1 unspecified atom stereocenters. The summed E-state index contributed by atoms with van der Waals surface area (Å²) in [5.74, 6) is 0. The Morgan fingerprint density at radius 2 is 2.21 bits per heavy atom. The first-order chi connectivity index (χ1) is 6.69. The molecule has 0 aromatic heterocycles. The topological polar surface area (TPSA) is 0 Å². The first kappa shape index (κ1) is 8.55. The number of hydrogen-bond donors (Lipinski definition) is 0. The molecule has 1 heteroatoms. The fraction of sp³-hybridized carbons (Fsp3) is 0.385. The maximum absolute atomic E-state index is 6.03. The minimum Gasteiger partial charge on any atom is -0.0843 e. The molecule has 0 bridgehead atoms. The summed E-state index contributed by atoms with van der Waals surface area (Å²) in [6.07, 6.45) is 6.12. The van der Waals surface area contributed by atoms with Gasteiger partial charge in [-0.15, -0.1) is 0 Å². The molecule has 1 atom stereocenters. The molecule has 0 amide bonds. The molecule has 2 aliphatic rings. The predicted molar refractivity (Wildman–Crippen MR) is 60.5 cm³/mol. The van der Waals surface area contributed by atoms with E-state index < -0.39 is 0 Å². The molecular weight excluding hydrogens is 192 g/mol. The fourth-order valence-corrected chi connectivity index (χ4v) is 3.08. The van der Waals surface area contributed by atoms with Crippen molar-refractivity contribution in [1.82, 2.24) is 0 Å². The second-order valence-electron chi connectivity index (χ2n) is 4.70. The van der Waals surface area contributed by atoms with Crippen LogP contribution in [0.25, 0.3) is 5.57 Å². The number of fused-ring (bicyclic) bond motifs is 3. The van der Waals surface area contributed by atoms with Gasteiger partial charge in [0, 0.05) is 5.02 Å². The van der Waals surface area contributed by atoms with E-state index in [1.54, 1.807) is 0 Å². The number of benzene rings is 1. The van der Waals surface area contributed by atoms with Gasteiger partial charge in [-0.25, -0.2) is 0 Å². The lowest BCUT2D eigenvalue weighted by Crippen LogP contribution is -2.10. The second kappa shape index (κ2) is 2.64. The molecule has 0 nitrogen and oxygen atoms in total. The zero-order chi connectivity index (χ0) is 9.76. The fourth-order valence-electron chi connectivity index (χ4n) is 2.91. The zero-order valence-electron chi connectivity index (χ0n) is 8.31. The highest BCUT2D eigenvalue weighted by Gasteiger charge is 2.39. The van der Waals surface area contributed by atoms with Crippen LogP contribution in [0.2, 0.25) is 5.02 Å². The van der Waals surface area contributed by atoms with E-state index >= 15 is 0 Å². The molecule has 0 saturated heterocycles. The Bertz CT molecular complexity index is 431. The highest BCUT2D eigenvalue weighted by Crippen LogP contribution is 2.53. The van der Waals surface area contributed by atoms with Crippen LogP contribution in [0.4, 0.5) is 0 Å². The third-order valence-electron chi connectivity index (χ3n) is 3.64. The van der Waals surface area contributed by atoms with Crippen molar-refractivity contribution in [2.75, 3.05) is 0 Å². The van der Waals surface area contributed by atoms with Crippen LogP contribution in [-0.2, 0) is 6.42 Å². The maximum atomic E-state index is 6.03. The molecule has 2 aliphatic carbocycles. The number of rotatable bonds is 0. The van der Waals surface area contributed by atoms with Gasteiger partial charge in [-0.3, -0.25) is 0 Å². The average Bonchev–Trinajstić information content (AvgIpc) is 2.60. The van der Waals surface area contributed by atoms with Crippen molar-refractivity contribution in [3.8, 4) is 0 Å². The van der Waals surface area contributed by atoms with Gasteiger partial charge < -0.3 is 0 Å². The van der Waals surface area contributed by atoms with E-state index in [0.29, 0.717) is 5.41 Å². The summed E-state index contributed by atoms with van der Waals surface area (Å²) in [6.45, 7) is 2.37. The summed E-state index contributed by atoms with van der Waals surface area (Å²) in [5, 5.41) is 0.862. The molecule has 0 aliphatic heterocycles. The third-order valence-corrected chi connectivity index (χ3v) is 3.87. The summed E-state index contributed by atoms with van der Waals surface area (Å²) in [7, 11) is 0. The average molecular weight is 205 g/mol. The summed E-state index contributed by atoms with van der Waals surface area (Å²) in [6, 6.07) is 6.31. The SMILES string of the molecule is CC12CCC=C1c1cc(Cl)ccc1C2. The Labute approximate surface area is 89.6 Å². The smallest absolute Gasteiger partial charge is 0.0412 e. The first-order valence-corrected chi connectivity index (χ1v) is 5.56. The van der Waals surface area contributed by atoms with E-state index in [2.05, 4.69) is 25.1 Å². The van der Waals surface area contributed by atoms with Gasteiger partial charge in [-0.2, -0.15) is 0 Å². The van der Waals surface area contributed by atoms with Crippen LogP contribution in [-0.4, -0.2) is 0 Å². The molecule has 0 saturated carbocycles. The summed E-state index contributed by atoms with van der Waals surface area (Å²) in [4.78, 5) is 0. The van der Waals surface area contributed by atoms with Crippen LogP contribution in [0.1, 0.15) is 30.9 Å². The first-order valence-electron chi connectivity index (χ1n) is 5.18. The Morgan fingerprint density at radius 1 is 1.36 bits per heavy atom. The molecule has 0 spiro atoms. The van der Waals surface area contributed by atoms with Crippen LogP contribution in [0.3, 0.4) is 0 Å². The second-order valence-corrected chi connectivity index (χ2v) is 5.13. The minimum absolute atomic E-state index is 0.410. The van der Waals surface area contributed by atoms with E-state index in [9.17, 15) is 0 Å². The predicted octanol–water partition coefficient (Wildman–Crippen LogP) is 4.08.